The summed E-state index contributed by atoms with van der Waals surface area (Å²) in [5.74, 6) is 0. The summed E-state index contributed by atoms with van der Waals surface area (Å²) in [6.45, 7) is 21.4. The Balaban J connectivity index is 1.13. The van der Waals surface area contributed by atoms with Crippen LogP contribution >= 0.6 is 11.3 Å². The van der Waals surface area contributed by atoms with Gasteiger partial charge in [-0.05, 0) is 143 Å². The molecule has 2 unspecified atom stereocenters. The van der Waals surface area contributed by atoms with Crippen LogP contribution in [0.15, 0.2) is 140 Å². The molecule has 7 aromatic carbocycles. The first-order valence-electron chi connectivity index (χ1n) is 23.6. The summed E-state index contributed by atoms with van der Waals surface area (Å²) >= 11 is 1.90. The fraction of sp³-hybridized carbons (Fsp3) is 0.288. The summed E-state index contributed by atoms with van der Waals surface area (Å²) in [6.07, 6.45) is 4.97. The van der Waals surface area contributed by atoms with E-state index in [-0.39, 0.29) is 28.5 Å². The number of rotatable bonds is 4. The van der Waals surface area contributed by atoms with Gasteiger partial charge in [-0.2, -0.15) is 0 Å². The SMILES string of the molecule is Cc1cc2c3c(c1)N1c4c(cccc4C4(C)CCCCC14C)B3c1ccc(N(c3ccc(C(C)(C)C)cc3)c3ccc(C(C)(C)C)cc3)cc1N2c1ccc2c(c1)sc1ccccc12. The predicted molar refractivity (Wildman–Crippen MR) is 278 cm³/mol. The molecule has 1 aliphatic carbocycles. The Morgan fingerprint density at radius 3 is 1.92 bits per heavy atom. The minimum atomic E-state index is -0.00719. The zero-order chi connectivity index (χ0) is 44.1. The quantitative estimate of drug-likeness (QED) is 0.163. The summed E-state index contributed by atoms with van der Waals surface area (Å²) in [7, 11) is 0. The molecule has 0 bridgehead atoms. The number of hydrogen-bond acceptors (Lipinski definition) is 4. The molecular formula is C59H58BN3S. The van der Waals surface area contributed by atoms with Gasteiger partial charge < -0.3 is 14.7 Å². The van der Waals surface area contributed by atoms with Crippen LogP contribution in [0.4, 0.5) is 45.5 Å². The van der Waals surface area contributed by atoms with Crippen LogP contribution in [0.1, 0.15) is 103 Å². The van der Waals surface area contributed by atoms with Crippen LogP contribution in [0, 0.1) is 6.92 Å². The lowest BCUT2D eigenvalue weighted by Crippen LogP contribution is -2.64. The zero-order valence-electron chi connectivity index (χ0n) is 38.9. The molecule has 0 N–H and O–H groups in total. The maximum absolute atomic E-state index is 2.84. The van der Waals surface area contributed by atoms with Gasteiger partial charge in [-0.1, -0.05) is 134 Å². The number of anilines is 8. The van der Waals surface area contributed by atoms with Crippen molar-refractivity contribution >= 4 is 100 Å². The molecule has 0 amide bonds. The van der Waals surface area contributed by atoms with Crippen molar-refractivity contribution in [3.63, 3.8) is 0 Å². The van der Waals surface area contributed by atoms with Crippen LogP contribution in [0.3, 0.4) is 0 Å². The van der Waals surface area contributed by atoms with Gasteiger partial charge in [-0.3, -0.25) is 0 Å². The van der Waals surface area contributed by atoms with Crippen LogP contribution in [0.5, 0.6) is 0 Å². The van der Waals surface area contributed by atoms with E-state index in [1.807, 2.05) is 11.3 Å². The monoisotopic (exact) mass is 851 g/mol. The predicted octanol–water partition coefficient (Wildman–Crippen LogP) is 14.8. The minimum absolute atomic E-state index is 0.00719. The Bertz CT molecular complexity index is 3150. The first-order valence-corrected chi connectivity index (χ1v) is 24.4. The molecule has 4 heterocycles. The lowest BCUT2D eigenvalue weighted by molar-refractivity contribution is 0.195. The molecule has 3 nitrogen and oxygen atoms in total. The van der Waals surface area contributed by atoms with E-state index in [4.69, 9.17) is 0 Å². The first-order chi connectivity index (χ1) is 30.6. The van der Waals surface area contributed by atoms with E-state index >= 15 is 0 Å². The number of nitrogens with zero attached hydrogens (tertiary/aromatic N) is 3. The van der Waals surface area contributed by atoms with Gasteiger partial charge in [-0.15, -0.1) is 11.3 Å². The standard InChI is InChI=1S/C59H58BN3S/c1-37-33-50-54-51(34-37)63-55-46(58(8)31-12-13-32-59(58,63)9)16-14-17-48(55)60(54)47-30-28-42(35-49(47)62(50)43-27-29-45-44-15-10-11-18-52(44)64-53(45)36-43)61(40-23-19-38(20-24-40)56(2,3)4)41-25-21-39(22-26-41)57(5,6)7/h10-11,14-30,33-36H,12-13,31-32H2,1-9H3. The topological polar surface area (TPSA) is 9.72 Å². The van der Waals surface area contributed by atoms with Crippen molar-refractivity contribution in [2.24, 2.45) is 0 Å². The van der Waals surface area contributed by atoms with E-state index < -0.39 is 0 Å². The van der Waals surface area contributed by atoms with Crippen LogP contribution in [-0.4, -0.2) is 12.3 Å². The van der Waals surface area contributed by atoms with Gasteiger partial charge in [0.15, 0.2) is 0 Å². The van der Waals surface area contributed by atoms with Gasteiger partial charge in [0.2, 0.25) is 0 Å². The largest absolute Gasteiger partial charge is 0.335 e. The van der Waals surface area contributed by atoms with Gasteiger partial charge >= 0.3 is 0 Å². The summed E-state index contributed by atoms with van der Waals surface area (Å²) in [4.78, 5) is 7.94. The summed E-state index contributed by atoms with van der Waals surface area (Å²) in [5.41, 5.74) is 20.0. The van der Waals surface area contributed by atoms with Gasteiger partial charge in [0.25, 0.3) is 6.71 Å². The van der Waals surface area contributed by atoms with Crippen LogP contribution in [0.25, 0.3) is 20.2 Å². The van der Waals surface area contributed by atoms with Gasteiger partial charge in [0.1, 0.15) is 0 Å². The van der Waals surface area contributed by atoms with Crippen LogP contribution < -0.4 is 31.1 Å². The molecule has 3 aliphatic heterocycles. The second-order valence-electron chi connectivity index (χ2n) is 21.8. The second-order valence-corrected chi connectivity index (χ2v) is 22.9. The molecule has 0 spiro atoms. The number of hydrogen-bond donors (Lipinski definition) is 0. The highest BCUT2D eigenvalue weighted by Gasteiger charge is 2.61. The molecule has 12 rings (SSSR count). The third kappa shape index (κ3) is 5.58. The van der Waals surface area contributed by atoms with Crippen molar-refractivity contribution in [3.05, 3.63) is 162 Å². The highest BCUT2D eigenvalue weighted by molar-refractivity contribution is 7.25. The van der Waals surface area contributed by atoms with E-state index in [1.165, 1.54) is 107 Å². The maximum atomic E-state index is 2.84. The average molecular weight is 852 g/mol. The third-order valence-corrected chi connectivity index (χ3v) is 17.1. The summed E-state index contributed by atoms with van der Waals surface area (Å²) < 4.78 is 2.65. The van der Waals surface area contributed by atoms with Crippen molar-refractivity contribution in [1.29, 1.82) is 0 Å². The summed E-state index contributed by atoms with van der Waals surface area (Å²) in [6, 6.07) is 54.3. The lowest BCUT2D eigenvalue weighted by atomic mass is 9.33. The number of fused-ring (bicyclic) bond motifs is 10. The average Bonchev–Trinajstić information content (AvgIpc) is 3.74. The number of thiophene rings is 1. The normalized spacial score (nSPS) is 19.7. The Hall–Kier alpha value is -5.78. The zero-order valence-corrected chi connectivity index (χ0v) is 39.8. The van der Waals surface area contributed by atoms with Crippen molar-refractivity contribution in [3.8, 4) is 0 Å². The van der Waals surface area contributed by atoms with Crippen molar-refractivity contribution in [1.82, 2.24) is 0 Å². The molecule has 1 fully saturated rings. The van der Waals surface area contributed by atoms with E-state index in [0.29, 0.717) is 0 Å². The second kappa shape index (κ2) is 13.6. The molecular weight excluding hydrogens is 794 g/mol. The third-order valence-electron chi connectivity index (χ3n) is 15.9. The molecule has 0 radical (unpaired) electrons. The molecule has 1 aromatic heterocycles. The van der Waals surface area contributed by atoms with Crippen LogP contribution in [0.2, 0.25) is 0 Å². The molecule has 318 valence electrons. The fourth-order valence-electron chi connectivity index (χ4n) is 12.3. The van der Waals surface area contributed by atoms with E-state index in [2.05, 4.69) is 217 Å². The Labute approximate surface area is 384 Å². The smallest absolute Gasteiger partial charge is 0.252 e. The maximum Gasteiger partial charge on any atom is 0.252 e. The highest BCUT2D eigenvalue weighted by Crippen LogP contribution is 2.62. The van der Waals surface area contributed by atoms with Crippen LogP contribution in [-0.2, 0) is 16.2 Å². The van der Waals surface area contributed by atoms with E-state index in [0.717, 1.165) is 17.1 Å². The van der Waals surface area contributed by atoms with E-state index in [1.54, 1.807) is 5.56 Å². The molecule has 8 aromatic rings. The van der Waals surface area contributed by atoms with Crippen molar-refractivity contribution in [2.75, 3.05) is 14.7 Å². The molecule has 0 saturated heterocycles. The number of aryl methyl sites for hydroxylation is 1. The van der Waals surface area contributed by atoms with Gasteiger partial charge in [-0.25, -0.2) is 0 Å². The Morgan fingerprint density at radius 2 is 1.22 bits per heavy atom. The summed E-state index contributed by atoms with van der Waals surface area (Å²) in [5, 5.41) is 2.66. The fourth-order valence-corrected chi connectivity index (χ4v) is 13.5. The first kappa shape index (κ1) is 39.8. The molecule has 1 saturated carbocycles. The molecule has 5 heteroatoms. The van der Waals surface area contributed by atoms with Gasteiger partial charge in [0, 0.05) is 71.1 Å². The number of para-hydroxylation sites is 1. The highest BCUT2D eigenvalue weighted by atomic mass is 32.1. The lowest BCUT2D eigenvalue weighted by Gasteiger charge is -2.52. The molecule has 64 heavy (non-hydrogen) atoms. The molecule has 2 atom stereocenters. The van der Waals surface area contributed by atoms with E-state index in [9.17, 15) is 0 Å². The Kier molecular flexibility index (Phi) is 8.47. The minimum Gasteiger partial charge on any atom is -0.335 e. The van der Waals surface area contributed by atoms with Gasteiger partial charge in [0.05, 0.1) is 5.54 Å². The Morgan fingerprint density at radius 1 is 0.578 bits per heavy atom. The van der Waals surface area contributed by atoms with Crippen molar-refractivity contribution < 1.29 is 0 Å². The molecule has 4 aliphatic rings. The number of benzene rings is 7. The van der Waals surface area contributed by atoms with Crippen molar-refractivity contribution in [2.45, 2.75) is 110 Å².